The molecule has 13 heavy (non-hydrogen) atoms. The molecule has 0 N–H and O–H groups in total. The van der Waals surface area contributed by atoms with Crippen LogP contribution in [0.5, 0.6) is 0 Å². The van der Waals surface area contributed by atoms with Crippen LogP contribution in [0.4, 0.5) is 0 Å². The van der Waals surface area contributed by atoms with E-state index in [1.165, 1.54) is 5.08 Å². The molecule has 0 spiro atoms. The first-order valence-corrected chi connectivity index (χ1v) is 25.8. The molecule has 9 heteroatoms. The van der Waals surface area contributed by atoms with Crippen LogP contribution < -0.4 is 0 Å². The molecule has 0 rings (SSSR count). The summed E-state index contributed by atoms with van der Waals surface area (Å²) in [7, 11) is 25.6. The number of halogens is 6. The Labute approximate surface area is 107 Å². The van der Waals surface area contributed by atoms with E-state index in [2.05, 4.69) is 18.8 Å². The molecule has 0 aliphatic rings. The Hall–Kier alpha value is 3.26. The van der Waals surface area contributed by atoms with Gasteiger partial charge in [-0.05, 0) is 17.2 Å². The zero-order valence-corrected chi connectivity index (χ0v) is 16.0. The van der Waals surface area contributed by atoms with Gasteiger partial charge in [0.2, 0.25) is 0 Å². The second-order valence-corrected chi connectivity index (χ2v) is 62.7. The van der Waals surface area contributed by atoms with Gasteiger partial charge in [0.1, 0.15) is 0 Å². The average Bonchev–Trinajstić information content (AvgIpc) is 1.53. The summed E-state index contributed by atoms with van der Waals surface area (Å²) in [6.07, 6.45) is 6.67. The van der Waals surface area contributed by atoms with Crippen molar-refractivity contribution in [3.63, 3.8) is 0 Å². The van der Waals surface area contributed by atoms with Crippen molar-refractivity contribution in [2.24, 2.45) is 0 Å². The summed E-state index contributed by atoms with van der Waals surface area (Å²) in [4.78, 5) is 0. The molecule has 0 aliphatic carbocycles. The molecule has 0 saturated carbocycles. The summed E-state index contributed by atoms with van der Waals surface area (Å²) >= 11 is 1.92. The zero-order chi connectivity index (χ0) is 11.4. The van der Waals surface area contributed by atoms with E-state index in [-0.39, 0.29) is 0 Å². The minimum atomic E-state index is -5.42. The first-order chi connectivity index (χ1) is 5.22. The number of hydrogen-bond acceptors (Lipinski definition) is 1. The molecule has 0 atom stereocenters. The third kappa shape index (κ3) is 68.5. The van der Waals surface area contributed by atoms with E-state index in [9.17, 15) is 0 Å². The van der Waals surface area contributed by atoms with Crippen molar-refractivity contribution in [1.29, 1.82) is 0 Å². The van der Waals surface area contributed by atoms with Gasteiger partial charge in [-0.3, -0.25) is 0 Å². The molecule has 0 heterocycles. The molecule has 0 aromatic heterocycles. The fourth-order valence-electron chi connectivity index (χ4n) is 0.236. The van der Waals surface area contributed by atoms with Gasteiger partial charge in [0, 0.05) is 0 Å². The van der Waals surface area contributed by atoms with E-state index in [0.717, 1.165) is 0 Å². The Kier molecular flexibility index (Phi) is 8.21. The topological polar surface area (TPSA) is 0 Å². The fourth-order valence-corrected chi connectivity index (χ4v) is 2.12. The molecule has 0 fully saturated rings. The van der Waals surface area contributed by atoms with Crippen LogP contribution in [0.15, 0.2) is 0 Å². The molecule has 0 bridgehead atoms. The van der Waals surface area contributed by atoms with Crippen LogP contribution in [-0.4, -0.2) is 33.0 Å². The molecule has 0 nitrogen and oxygen atoms in total. The maximum absolute atomic E-state index is 5.42. The van der Waals surface area contributed by atoms with Crippen molar-refractivity contribution >= 4 is 84.8 Å². The monoisotopic (exact) mass is 454 g/mol. The molecule has 86 valence electrons. The Morgan fingerprint density at radius 3 is 1.23 bits per heavy atom. The van der Waals surface area contributed by atoms with Gasteiger partial charge >= 0.3 is 62.1 Å². The Morgan fingerprint density at radius 2 is 1.23 bits per heavy atom. The molecule has 0 aliphatic heterocycles. The van der Waals surface area contributed by atoms with Gasteiger partial charge in [0.05, 0.1) is 12.5 Å². The van der Waals surface area contributed by atoms with Crippen LogP contribution in [-0.2, 0) is 10.9 Å². The average molecular weight is 458 g/mol. The van der Waals surface area contributed by atoms with Crippen molar-refractivity contribution in [1.82, 2.24) is 0 Å². The number of thioether (sulfide) groups is 1. The van der Waals surface area contributed by atoms with Crippen LogP contribution in [0.1, 0.15) is 0 Å². The van der Waals surface area contributed by atoms with Crippen molar-refractivity contribution in [3.05, 3.63) is 0 Å². The van der Waals surface area contributed by atoms with Gasteiger partial charge in [-0.2, -0.15) is 0 Å². The summed E-state index contributed by atoms with van der Waals surface area (Å²) in [6, 6.07) is 0. The molecule has 0 radical (unpaired) electrons. The summed E-state index contributed by atoms with van der Waals surface area (Å²) in [5.74, 6) is 0. The quantitative estimate of drug-likeness (QED) is 0.418. The predicted octanol–water partition coefficient (Wildman–Crippen LogP) is 4.94. The molecular formula is C4H11Cl6S2Sb. The second-order valence-electron chi connectivity index (χ2n) is 2.35. The number of hydrogen-bond donors (Lipinski definition) is 0. The second kappa shape index (κ2) is 5.73. The van der Waals surface area contributed by atoms with Crippen LogP contribution in [0.2, 0.25) is 0 Å². The minimum absolute atomic E-state index is 0.647. The van der Waals surface area contributed by atoms with Crippen LogP contribution in [0.25, 0.3) is 0 Å². The van der Waals surface area contributed by atoms with E-state index in [1.807, 2.05) is 11.8 Å². The van der Waals surface area contributed by atoms with Gasteiger partial charge in [-0.1, -0.05) is 0 Å². The van der Waals surface area contributed by atoms with E-state index >= 15 is 0 Å². The van der Waals surface area contributed by atoms with E-state index < -0.39 is 9.14 Å². The standard InChI is InChI=1S/C4H11S2.6ClH.Sb/c1-5-4-6(2)3;;;;;;;/h4H2,1-3H3;6*1H;/q+1;;;;;;;+5/p-6. The van der Waals surface area contributed by atoms with E-state index in [4.69, 9.17) is 53.0 Å². The number of rotatable bonds is 2. The molecule has 0 amide bonds. The summed E-state index contributed by atoms with van der Waals surface area (Å²) in [6.45, 7) is 0. The summed E-state index contributed by atoms with van der Waals surface area (Å²) in [5, 5.41) is 1.32. The Bertz CT molecular complexity index is 135. The van der Waals surface area contributed by atoms with Crippen LogP contribution in [0, 0.1) is 0 Å². The zero-order valence-electron chi connectivity index (χ0n) is 7.24. The predicted molar refractivity (Wildman–Crippen MR) is 78.5 cm³/mol. The van der Waals surface area contributed by atoms with Gasteiger partial charge in [-0.25, -0.2) is 0 Å². The molecule has 0 saturated heterocycles. The van der Waals surface area contributed by atoms with Crippen LogP contribution in [0.3, 0.4) is 0 Å². The van der Waals surface area contributed by atoms with Crippen LogP contribution >= 0.6 is 64.7 Å². The molecule has 0 aromatic carbocycles. The first-order valence-electron chi connectivity index (χ1n) is 2.82. The fraction of sp³-hybridized carbons (Fsp3) is 1.00. The van der Waals surface area contributed by atoms with Crippen molar-refractivity contribution in [2.75, 3.05) is 23.9 Å². The van der Waals surface area contributed by atoms with E-state index in [0.29, 0.717) is 10.9 Å². The first kappa shape index (κ1) is 18.6. The normalized spacial score (nSPS) is 17.1. The third-order valence-corrected chi connectivity index (χ3v) is 3.18. The van der Waals surface area contributed by atoms with Gasteiger partial charge in [-0.15, -0.1) is 11.8 Å². The van der Waals surface area contributed by atoms with Gasteiger partial charge < -0.3 is 0 Å². The van der Waals surface area contributed by atoms with Crippen molar-refractivity contribution in [2.45, 2.75) is 0 Å². The molecule has 0 unspecified atom stereocenters. The van der Waals surface area contributed by atoms with Gasteiger partial charge in [0.15, 0.2) is 5.08 Å². The Balaban J connectivity index is 0. The van der Waals surface area contributed by atoms with E-state index in [1.54, 1.807) is 0 Å². The van der Waals surface area contributed by atoms with Crippen molar-refractivity contribution < 1.29 is 0 Å². The molecular weight excluding hydrogens is 447 g/mol. The summed E-state index contributed by atoms with van der Waals surface area (Å²) in [5.41, 5.74) is 0. The van der Waals surface area contributed by atoms with Gasteiger partial charge in [0.25, 0.3) is 0 Å². The van der Waals surface area contributed by atoms with Crippen molar-refractivity contribution in [3.8, 4) is 0 Å². The molecule has 0 aromatic rings. The summed E-state index contributed by atoms with van der Waals surface area (Å²) < 4.78 is 0. The third-order valence-electron chi connectivity index (χ3n) is 0.354. The maximum atomic E-state index is 5.06. The SMILES string of the molecule is CSC[S+](C)C.[Cl][Sb-]([Cl])([Cl])([Cl])([Cl])[Cl]. The Morgan fingerprint density at radius 1 is 1.00 bits per heavy atom.